The second-order valence-electron chi connectivity index (χ2n) is 7.23. The Labute approximate surface area is 184 Å². The van der Waals surface area contributed by atoms with Crippen LogP contribution < -0.4 is 16.4 Å². The number of halogens is 3. The number of amides is 3. The molecule has 0 heterocycles. The largest absolute Gasteiger partial charge is 0.367 e. The van der Waals surface area contributed by atoms with Crippen molar-refractivity contribution in [3.05, 3.63) is 40.7 Å². The van der Waals surface area contributed by atoms with E-state index in [1.807, 2.05) is 13.8 Å². The van der Waals surface area contributed by atoms with E-state index in [0.29, 0.717) is 0 Å². The lowest BCUT2D eigenvalue weighted by atomic mass is 9.94. The van der Waals surface area contributed by atoms with Crippen molar-refractivity contribution < 1.29 is 23.6 Å². The predicted molar refractivity (Wildman–Crippen MR) is 113 cm³/mol. The van der Waals surface area contributed by atoms with Crippen molar-refractivity contribution >= 4 is 52.8 Å². The number of carbonyl (C=O) groups is 4. The summed E-state index contributed by atoms with van der Waals surface area (Å²) in [5, 5.41) is 4.98. The van der Waals surface area contributed by atoms with Crippen LogP contribution in [0.2, 0.25) is 5.02 Å². The quantitative estimate of drug-likeness (QED) is 0.282. The molecule has 0 radical (unpaired) electrons. The normalized spacial score (nSPS) is 14.2. The van der Waals surface area contributed by atoms with Gasteiger partial charge in [-0.3, -0.25) is 19.2 Å². The van der Waals surface area contributed by atoms with Gasteiger partial charge in [-0.1, -0.05) is 31.5 Å². The number of hydrogen-bond acceptors (Lipinski definition) is 4. The fourth-order valence-corrected chi connectivity index (χ4v) is 2.89. The lowest BCUT2D eigenvalue weighted by Crippen LogP contribution is -2.64. The summed E-state index contributed by atoms with van der Waals surface area (Å²) in [5.41, 5.74) is 3.38. The van der Waals surface area contributed by atoms with E-state index in [0.717, 1.165) is 19.1 Å². The Balaban J connectivity index is 2.98. The maximum Gasteiger partial charge on any atom is 0.250 e. The van der Waals surface area contributed by atoms with Crippen molar-refractivity contribution in [3.8, 4) is 0 Å². The standard InChI is InChI=1S/C20H24Cl2FN3O4/c1-11(2)8-15(18(29)26-20(3,19(24)30)16(27)10-21)25-17(28)7-5-12-4-6-13(22)9-14(12)23/h4-7,9,11,15H,8,10H2,1-3H3,(H2,24,30)(H,25,28)(H,26,29)/b7-5+/t15-,20?/m0/s1. The van der Waals surface area contributed by atoms with Gasteiger partial charge >= 0.3 is 0 Å². The minimum atomic E-state index is -2.01. The fraction of sp³-hybridized carbons (Fsp3) is 0.400. The number of nitrogens with one attached hydrogen (secondary N) is 2. The molecule has 1 rings (SSSR count). The van der Waals surface area contributed by atoms with Crippen LogP contribution in [-0.4, -0.2) is 41.0 Å². The molecule has 0 aliphatic carbocycles. The minimum absolute atomic E-state index is 0.0118. The van der Waals surface area contributed by atoms with Crippen molar-refractivity contribution in [1.82, 2.24) is 10.6 Å². The molecule has 3 amide bonds. The molecule has 4 N–H and O–H groups in total. The highest BCUT2D eigenvalue weighted by Gasteiger charge is 2.41. The molecule has 0 saturated heterocycles. The second kappa shape index (κ2) is 11.1. The molecule has 0 aliphatic rings. The van der Waals surface area contributed by atoms with E-state index >= 15 is 0 Å². The molecule has 0 bridgehead atoms. The van der Waals surface area contributed by atoms with Crippen molar-refractivity contribution in [3.63, 3.8) is 0 Å². The molecule has 2 atom stereocenters. The average Bonchev–Trinajstić information content (AvgIpc) is 2.65. The van der Waals surface area contributed by atoms with Crippen LogP contribution in [0.5, 0.6) is 0 Å². The van der Waals surface area contributed by atoms with Gasteiger partial charge in [0.1, 0.15) is 11.9 Å². The Kier molecular flexibility index (Phi) is 9.45. The van der Waals surface area contributed by atoms with Gasteiger partial charge in [0.2, 0.25) is 11.8 Å². The monoisotopic (exact) mass is 459 g/mol. The SMILES string of the molecule is CC(C)C[C@H](NC(=O)/C=C/c1ccc(Cl)cc1F)C(=O)NC(C)(C(N)=O)C(=O)CCl. The molecule has 1 aromatic carbocycles. The molecule has 0 spiro atoms. The Morgan fingerprint density at radius 3 is 2.40 bits per heavy atom. The van der Waals surface area contributed by atoms with Gasteiger partial charge in [0.15, 0.2) is 11.3 Å². The number of carbonyl (C=O) groups excluding carboxylic acids is 4. The Morgan fingerprint density at radius 1 is 1.27 bits per heavy atom. The summed E-state index contributed by atoms with van der Waals surface area (Å²) < 4.78 is 13.8. The predicted octanol–water partition coefficient (Wildman–Crippen LogP) is 2.19. The molecular weight excluding hydrogens is 436 g/mol. The molecular formula is C20H24Cl2FN3O4. The lowest BCUT2D eigenvalue weighted by Gasteiger charge is -2.28. The highest BCUT2D eigenvalue weighted by Crippen LogP contribution is 2.16. The highest BCUT2D eigenvalue weighted by molar-refractivity contribution is 6.32. The third-order valence-electron chi connectivity index (χ3n) is 4.26. The van der Waals surface area contributed by atoms with Crippen LogP contribution in [0.4, 0.5) is 4.39 Å². The third-order valence-corrected chi connectivity index (χ3v) is 4.74. The number of alkyl halides is 1. The van der Waals surface area contributed by atoms with Gasteiger partial charge in [-0.15, -0.1) is 11.6 Å². The molecule has 0 fully saturated rings. The van der Waals surface area contributed by atoms with Gasteiger partial charge < -0.3 is 16.4 Å². The van der Waals surface area contributed by atoms with E-state index in [4.69, 9.17) is 28.9 Å². The zero-order chi connectivity index (χ0) is 23.1. The lowest BCUT2D eigenvalue weighted by molar-refractivity contribution is -0.139. The van der Waals surface area contributed by atoms with Crippen LogP contribution >= 0.6 is 23.2 Å². The highest BCUT2D eigenvalue weighted by atomic mass is 35.5. The average molecular weight is 460 g/mol. The summed E-state index contributed by atoms with van der Waals surface area (Å²) in [7, 11) is 0. The first kappa shape index (κ1) is 25.6. The molecule has 0 aliphatic heterocycles. The third kappa shape index (κ3) is 7.11. The topological polar surface area (TPSA) is 118 Å². The van der Waals surface area contributed by atoms with Crippen LogP contribution in [0, 0.1) is 11.7 Å². The van der Waals surface area contributed by atoms with Gasteiger partial charge in [-0.2, -0.15) is 0 Å². The van der Waals surface area contributed by atoms with Crippen LogP contribution in [0.15, 0.2) is 24.3 Å². The minimum Gasteiger partial charge on any atom is -0.367 e. The Morgan fingerprint density at radius 2 is 1.90 bits per heavy atom. The first-order chi connectivity index (χ1) is 13.9. The fourth-order valence-electron chi connectivity index (χ4n) is 2.46. The summed E-state index contributed by atoms with van der Waals surface area (Å²) in [6.45, 7) is 4.79. The van der Waals surface area contributed by atoms with E-state index in [2.05, 4.69) is 10.6 Å². The van der Waals surface area contributed by atoms with Crippen LogP contribution in [0.1, 0.15) is 32.8 Å². The van der Waals surface area contributed by atoms with E-state index in [1.54, 1.807) is 0 Å². The molecule has 30 heavy (non-hydrogen) atoms. The number of rotatable bonds is 10. The number of hydrogen-bond donors (Lipinski definition) is 3. The van der Waals surface area contributed by atoms with E-state index in [1.165, 1.54) is 18.2 Å². The summed E-state index contributed by atoms with van der Waals surface area (Å²) >= 11 is 11.2. The van der Waals surface area contributed by atoms with Crippen LogP contribution in [0.25, 0.3) is 6.08 Å². The van der Waals surface area contributed by atoms with Crippen molar-refractivity contribution in [2.24, 2.45) is 11.7 Å². The molecule has 1 aromatic rings. The van der Waals surface area contributed by atoms with Crippen molar-refractivity contribution in [1.29, 1.82) is 0 Å². The molecule has 0 aromatic heterocycles. The zero-order valence-corrected chi connectivity index (χ0v) is 18.3. The van der Waals surface area contributed by atoms with Gasteiger partial charge in [-0.25, -0.2) is 4.39 Å². The zero-order valence-electron chi connectivity index (χ0n) is 16.8. The number of ketones is 1. The summed E-state index contributed by atoms with van der Waals surface area (Å²) in [5.74, 6) is -4.46. The summed E-state index contributed by atoms with van der Waals surface area (Å²) in [6, 6.07) is 2.90. The van der Waals surface area contributed by atoms with Crippen LogP contribution in [-0.2, 0) is 19.2 Å². The van der Waals surface area contributed by atoms with Gasteiger partial charge in [-0.05, 0) is 37.5 Å². The Hall–Kier alpha value is -2.45. The molecule has 1 unspecified atom stereocenters. The first-order valence-electron chi connectivity index (χ1n) is 9.05. The number of Topliss-reactive ketones (excluding diaryl/α,β-unsaturated/α-hetero) is 1. The second-order valence-corrected chi connectivity index (χ2v) is 7.93. The van der Waals surface area contributed by atoms with Crippen molar-refractivity contribution in [2.75, 3.05) is 5.88 Å². The van der Waals surface area contributed by atoms with E-state index in [-0.39, 0.29) is 22.9 Å². The number of benzene rings is 1. The first-order valence-corrected chi connectivity index (χ1v) is 9.96. The number of primary amides is 1. The molecule has 0 saturated carbocycles. The van der Waals surface area contributed by atoms with E-state index in [9.17, 15) is 23.6 Å². The Bertz CT molecular complexity index is 860. The molecule has 164 valence electrons. The number of nitrogens with two attached hydrogens (primary N) is 1. The summed E-state index contributed by atoms with van der Waals surface area (Å²) in [4.78, 5) is 48.7. The van der Waals surface area contributed by atoms with Crippen LogP contribution in [0.3, 0.4) is 0 Å². The van der Waals surface area contributed by atoms with Gasteiger partial charge in [0.25, 0.3) is 5.91 Å². The molecule has 10 heteroatoms. The maximum atomic E-state index is 13.8. The van der Waals surface area contributed by atoms with Crippen molar-refractivity contribution in [2.45, 2.75) is 38.8 Å². The molecule has 7 nitrogen and oxygen atoms in total. The van der Waals surface area contributed by atoms with E-state index < -0.39 is 46.8 Å². The smallest absolute Gasteiger partial charge is 0.250 e. The van der Waals surface area contributed by atoms with Gasteiger partial charge in [0.05, 0.1) is 5.88 Å². The van der Waals surface area contributed by atoms with Gasteiger partial charge in [0, 0.05) is 16.7 Å². The maximum absolute atomic E-state index is 13.8. The summed E-state index contributed by atoms with van der Waals surface area (Å²) in [6.07, 6.45) is 2.50.